The van der Waals surface area contributed by atoms with Crippen molar-refractivity contribution in [1.82, 2.24) is 0 Å². The number of anilines is 1. The van der Waals surface area contributed by atoms with Crippen LogP contribution in [0.25, 0.3) is 0 Å². The van der Waals surface area contributed by atoms with Gasteiger partial charge in [-0.3, -0.25) is 0 Å². The first kappa shape index (κ1) is 14.7. The average Bonchev–Trinajstić information content (AvgIpc) is 2.29. The summed E-state index contributed by atoms with van der Waals surface area (Å²) in [6, 6.07) is 5.11. The molecule has 0 unspecified atom stereocenters. The summed E-state index contributed by atoms with van der Waals surface area (Å²) >= 11 is 10.2. The number of nitrogens with one attached hydrogen (secondary N) is 1. The van der Waals surface area contributed by atoms with Crippen molar-refractivity contribution in [3.8, 4) is 0 Å². The van der Waals surface area contributed by atoms with Gasteiger partial charge in [0.25, 0.3) is 5.79 Å². The summed E-state index contributed by atoms with van der Waals surface area (Å²) in [5.74, 6) is -2.78. The van der Waals surface area contributed by atoms with Crippen molar-refractivity contribution in [3.63, 3.8) is 0 Å². The lowest BCUT2D eigenvalue weighted by Gasteiger charge is -2.29. The number of esters is 2. The third-order valence-corrected chi connectivity index (χ3v) is 3.16. The molecule has 1 aromatic carbocycles. The second-order valence-corrected chi connectivity index (χ2v) is 5.40. The molecule has 1 N–H and O–H groups in total. The van der Waals surface area contributed by atoms with Gasteiger partial charge in [-0.1, -0.05) is 17.7 Å². The molecule has 2 rings (SSSR count). The number of rotatable bonds is 2. The van der Waals surface area contributed by atoms with E-state index in [1.165, 1.54) is 20.0 Å². The van der Waals surface area contributed by atoms with E-state index in [9.17, 15) is 9.59 Å². The number of benzene rings is 1. The molecule has 0 radical (unpaired) electrons. The Morgan fingerprint density at radius 1 is 1.25 bits per heavy atom. The first-order valence-corrected chi connectivity index (χ1v) is 6.53. The van der Waals surface area contributed by atoms with Crippen molar-refractivity contribution < 1.29 is 19.1 Å². The summed E-state index contributed by atoms with van der Waals surface area (Å²) in [5, 5.41) is 3.18. The minimum absolute atomic E-state index is 0.239. The van der Waals surface area contributed by atoms with E-state index in [4.69, 9.17) is 21.1 Å². The number of ether oxygens (including phenoxy) is 2. The lowest BCUT2D eigenvalue weighted by molar-refractivity contribution is -0.222. The smallest absolute Gasteiger partial charge is 0.350 e. The highest BCUT2D eigenvalue weighted by molar-refractivity contribution is 7.80. The molecule has 1 aliphatic rings. The topological polar surface area (TPSA) is 64.6 Å². The average molecular weight is 314 g/mol. The molecule has 0 aromatic heterocycles. The highest BCUT2D eigenvalue weighted by atomic mass is 35.5. The van der Waals surface area contributed by atoms with Crippen molar-refractivity contribution in [1.29, 1.82) is 0 Å². The fraction of sp³-hybridized carbons (Fsp3) is 0.231. The number of cyclic esters (lactones) is 2. The van der Waals surface area contributed by atoms with E-state index in [1.54, 1.807) is 18.2 Å². The van der Waals surface area contributed by atoms with Gasteiger partial charge in [-0.05, 0) is 12.1 Å². The number of hydrogen-bond donors (Lipinski definition) is 2. The number of carbonyl (C=O) groups is 2. The fourth-order valence-corrected chi connectivity index (χ4v) is 2.14. The van der Waals surface area contributed by atoms with Gasteiger partial charge in [-0.15, -0.1) is 12.6 Å². The summed E-state index contributed by atoms with van der Waals surface area (Å²) in [6.07, 6.45) is 1.20. The zero-order valence-corrected chi connectivity index (χ0v) is 12.4. The zero-order valence-electron chi connectivity index (χ0n) is 10.8. The molecule has 1 heterocycles. The van der Waals surface area contributed by atoms with Crippen LogP contribution in [-0.2, 0) is 19.1 Å². The molecular formula is C13H12ClNO4S. The molecule has 106 valence electrons. The lowest BCUT2D eigenvalue weighted by Crippen LogP contribution is -2.42. The summed E-state index contributed by atoms with van der Waals surface area (Å²) in [4.78, 5) is 24.0. The predicted octanol–water partition coefficient (Wildman–Crippen LogP) is 2.76. The fourth-order valence-electron chi connectivity index (χ4n) is 1.58. The molecule has 1 saturated heterocycles. The Balaban J connectivity index is 2.24. The van der Waals surface area contributed by atoms with E-state index >= 15 is 0 Å². The van der Waals surface area contributed by atoms with Crippen LogP contribution in [0.3, 0.4) is 0 Å². The van der Waals surface area contributed by atoms with E-state index in [-0.39, 0.29) is 5.57 Å². The van der Waals surface area contributed by atoms with Crippen LogP contribution in [0.2, 0.25) is 5.02 Å². The summed E-state index contributed by atoms with van der Waals surface area (Å²) < 4.78 is 9.93. The third kappa shape index (κ3) is 3.08. The van der Waals surface area contributed by atoms with Crippen molar-refractivity contribution in [2.45, 2.75) is 24.5 Å². The molecule has 0 bridgehead atoms. The molecule has 0 saturated carbocycles. The van der Waals surface area contributed by atoms with Crippen LogP contribution in [0.5, 0.6) is 0 Å². The Hall–Kier alpha value is -1.66. The largest absolute Gasteiger partial charge is 0.419 e. The molecule has 0 aliphatic carbocycles. The quantitative estimate of drug-likeness (QED) is 0.380. The highest BCUT2D eigenvalue weighted by Gasteiger charge is 2.38. The van der Waals surface area contributed by atoms with Crippen molar-refractivity contribution >= 4 is 41.9 Å². The summed E-state index contributed by atoms with van der Waals surface area (Å²) in [7, 11) is 0. The minimum Gasteiger partial charge on any atom is -0.419 e. The molecular weight excluding hydrogens is 302 g/mol. The first-order chi connectivity index (χ1) is 9.30. The molecule has 1 aromatic rings. The molecule has 20 heavy (non-hydrogen) atoms. The van der Waals surface area contributed by atoms with Gasteiger partial charge in [-0.2, -0.15) is 0 Å². The van der Waals surface area contributed by atoms with Crippen LogP contribution in [-0.4, -0.2) is 17.7 Å². The van der Waals surface area contributed by atoms with Gasteiger partial charge < -0.3 is 14.8 Å². The maximum Gasteiger partial charge on any atom is 0.350 e. The van der Waals surface area contributed by atoms with Crippen LogP contribution in [0.4, 0.5) is 5.69 Å². The summed E-state index contributed by atoms with van der Waals surface area (Å²) in [5.41, 5.74) is 0.243. The molecule has 1 aliphatic heterocycles. The molecule has 0 atom stereocenters. The van der Waals surface area contributed by atoms with Crippen LogP contribution in [0.15, 0.2) is 34.9 Å². The maximum atomic E-state index is 11.7. The predicted molar refractivity (Wildman–Crippen MR) is 76.7 cm³/mol. The van der Waals surface area contributed by atoms with E-state index in [0.717, 1.165) is 0 Å². The number of thiol groups is 1. The van der Waals surface area contributed by atoms with Crippen LogP contribution in [0.1, 0.15) is 13.8 Å². The normalized spacial score (nSPS) is 17.3. The van der Waals surface area contributed by atoms with E-state index in [1.807, 2.05) is 0 Å². The Labute approximate surface area is 126 Å². The van der Waals surface area contributed by atoms with Gasteiger partial charge in [-0.25, -0.2) is 9.59 Å². The number of carbonyl (C=O) groups excluding carboxylic acids is 2. The number of halogens is 1. The molecule has 0 amide bonds. The Morgan fingerprint density at radius 2 is 1.85 bits per heavy atom. The van der Waals surface area contributed by atoms with Crippen LogP contribution in [0, 0.1) is 0 Å². The van der Waals surface area contributed by atoms with Gasteiger partial charge in [0.2, 0.25) is 0 Å². The summed E-state index contributed by atoms with van der Waals surface area (Å²) in [6.45, 7) is 2.96. The van der Waals surface area contributed by atoms with E-state index < -0.39 is 17.7 Å². The lowest BCUT2D eigenvalue weighted by atomic mass is 10.2. The zero-order chi connectivity index (χ0) is 14.9. The second-order valence-electron chi connectivity index (χ2n) is 4.52. The second kappa shape index (κ2) is 5.38. The Morgan fingerprint density at radius 3 is 2.40 bits per heavy atom. The van der Waals surface area contributed by atoms with E-state index in [2.05, 4.69) is 17.9 Å². The molecule has 7 heteroatoms. The SMILES string of the molecule is CC1(C)OC(=O)C(=CNc2c(S)cccc2Cl)C(=O)O1. The number of para-hydroxylation sites is 1. The van der Waals surface area contributed by atoms with Gasteiger partial charge in [0, 0.05) is 24.9 Å². The van der Waals surface area contributed by atoms with Crippen LogP contribution >= 0.6 is 24.2 Å². The van der Waals surface area contributed by atoms with Crippen molar-refractivity contribution in [2.24, 2.45) is 0 Å². The standard InChI is InChI=1S/C13H12ClNO4S/c1-13(2)18-11(16)7(12(17)19-13)6-15-10-8(14)4-3-5-9(10)20/h3-6,15,20H,1-2H3. The van der Waals surface area contributed by atoms with Gasteiger partial charge in [0.15, 0.2) is 5.57 Å². The Kier molecular flexibility index (Phi) is 3.96. The Bertz CT molecular complexity index is 570. The van der Waals surface area contributed by atoms with Gasteiger partial charge >= 0.3 is 11.9 Å². The third-order valence-electron chi connectivity index (χ3n) is 2.47. The molecule has 0 spiro atoms. The van der Waals surface area contributed by atoms with Gasteiger partial charge in [0.1, 0.15) is 0 Å². The molecule has 5 nitrogen and oxygen atoms in total. The van der Waals surface area contributed by atoms with E-state index in [0.29, 0.717) is 15.6 Å². The minimum atomic E-state index is -1.26. The van der Waals surface area contributed by atoms with Crippen molar-refractivity contribution in [2.75, 3.05) is 5.32 Å². The number of hydrogen-bond acceptors (Lipinski definition) is 6. The van der Waals surface area contributed by atoms with Gasteiger partial charge in [0.05, 0.1) is 10.7 Å². The molecule has 1 fully saturated rings. The monoisotopic (exact) mass is 313 g/mol. The maximum absolute atomic E-state index is 11.7. The van der Waals surface area contributed by atoms with Crippen LogP contribution < -0.4 is 5.32 Å². The van der Waals surface area contributed by atoms with Crippen molar-refractivity contribution in [3.05, 3.63) is 35.0 Å². The highest BCUT2D eigenvalue weighted by Crippen LogP contribution is 2.29. The first-order valence-electron chi connectivity index (χ1n) is 5.71.